The van der Waals surface area contributed by atoms with Crippen LogP contribution in [0.3, 0.4) is 0 Å². The lowest BCUT2D eigenvalue weighted by molar-refractivity contribution is 0.244. The van der Waals surface area contributed by atoms with Crippen LogP contribution in [0.15, 0.2) is 66.0 Å². The molecule has 0 aliphatic carbocycles. The molecule has 0 atom stereocenters. The van der Waals surface area contributed by atoms with Gasteiger partial charge in [0.25, 0.3) is 5.56 Å². The zero-order valence-corrected chi connectivity index (χ0v) is 17.4. The van der Waals surface area contributed by atoms with Gasteiger partial charge in [0, 0.05) is 13.1 Å². The van der Waals surface area contributed by atoms with Crippen LogP contribution >= 0.6 is 12.2 Å². The molecule has 0 fully saturated rings. The number of aryl methyl sites for hydroxylation is 1. The van der Waals surface area contributed by atoms with Gasteiger partial charge in [0.2, 0.25) is 10.5 Å². The highest BCUT2D eigenvalue weighted by molar-refractivity contribution is 7.71. The summed E-state index contributed by atoms with van der Waals surface area (Å²) < 4.78 is 5.82. The summed E-state index contributed by atoms with van der Waals surface area (Å²) in [4.78, 5) is 15.1. The molecule has 2 aromatic heterocycles. The van der Waals surface area contributed by atoms with Crippen molar-refractivity contribution in [1.29, 1.82) is 0 Å². The summed E-state index contributed by atoms with van der Waals surface area (Å²) in [5.41, 5.74) is 3.20. The molecule has 7 heteroatoms. The van der Waals surface area contributed by atoms with Crippen molar-refractivity contribution in [3.05, 3.63) is 87.4 Å². The number of hydrogen-bond acceptors (Lipinski definition) is 4. The quantitative estimate of drug-likeness (QED) is 0.362. The van der Waals surface area contributed by atoms with Gasteiger partial charge in [-0.3, -0.25) is 18.7 Å². The highest BCUT2D eigenvalue weighted by Crippen LogP contribution is 2.15. The molecule has 29 heavy (non-hydrogen) atoms. The lowest BCUT2D eigenvalue weighted by atomic mass is 10.1. The van der Waals surface area contributed by atoms with Crippen LogP contribution in [0.5, 0.6) is 0 Å². The molecule has 2 aromatic carbocycles. The molecule has 0 aliphatic rings. The average molecular weight is 406 g/mol. The van der Waals surface area contributed by atoms with Crippen molar-refractivity contribution in [3.8, 4) is 0 Å². The largest absolute Gasteiger partial charge is 0.283 e. The Hall–Kier alpha value is -3.03. The van der Waals surface area contributed by atoms with E-state index in [1.54, 1.807) is 15.3 Å². The van der Waals surface area contributed by atoms with Crippen LogP contribution in [0.4, 0.5) is 0 Å². The lowest BCUT2D eigenvalue weighted by Gasteiger charge is -2.17. The molecule has 0 N–H and O–H groups in total. The van der Waals surface area contributed by atoms with E-state index in [1.807, 2.05) is 47.8 Å². The highest BCUT2D eigenvalue weighted by Gasteiger charge is 2.15. The minimum atomic E-state index is -0.0894. The topological polar surface area (TPSA) is 47.5 Å². The maximum atomic E-state index is 13.0. The zero-order valence-electron chi connectivity index (χ0n) is 16.6. The number of benzene rings is 2. The second kappa shape index (κ2) is 7.77. The second-order valence-corrected chi connectivity index (χ2v) is 7.59. The molecule has 0 bridgehead atoms. The van der Waals surface area contributed by atoms with Gasteiger partial charge in [0.1, 0.15) is 0 Å². The molecule has 148 valence electrons. The molecule has 6 nitrogen and oxygen atoms in total. The molecule has 0 radical (unpaired) electrons. The molecule has 0 amide bonds. The maximum absolute atomic E-state index is 13.0. The predicted octanol–water partition coefficient (Wildman–Crippen LogP) is 3.76. The third kappa shape index (κ3) is 3.43. The monoisotopic (exact) mass is 405 g/mol. The summed E-state index contributed by atoms with van der Waals surface area (Å²) in [6.07, 6.45) is 1.70. The minimum Gasteiger partial charge on any atom is -0.283 e. The number of rotatable bonds is 6. The Bertz CT molecular complexity index is 1330. The maximum Gasteiger partial charge on any atom is 0.263 e. The van der Waals surface area contributed by atoms with Crippen LogP contribution < -0.4 is 5.56 Å². The van der Waals surface area contributed by atoms with E-state index < -0.39 is 0 Å². The Morgan fingerprint density at radius 2 is 1.90 bits per heavy atom. The molecule has 2 heterocycles. The van der Waals surface area contributed by atoms with Crippen LogP contribution in [-0.4, -0.2) is 30.7 Å². The van der Waals surface area contributed by atoms with Crippen LogP contribution in [0.2, 0.25) is 0 Å². The number of allylic oxidation sites excluding steroid dienone is 1. The van der Waals surface area contributed by atoms with Crippen LogP contribution in [-0.2, 0) is 19.8 Å². The van der Waals surface area contributed by atoms with E-state index in [2.05, 4.69) is 30.5 Å². The van der Waals surface area contributed by atoms with E-state index in [4.69, 9.17) is 17.3 Å². The average Bonchev–Trinajstić information content (AvgIpc) is 3.03. The second-order valence-electron chi connectivity index (χ2n) is 7.22. The third-order valence-electron chi connectivity index (χ3n) is 5.07. The summed E-state index contributed by atoms with van der Waals surface area (Å²) in [5, 5.41) is 5.31. The first-order chi connectivity index (χ1) is 14.0. The third-order valence-corrected chi connectivity index (χ3v) is 5.47. The smallest absolute Gasteiger partial charge is 0.263 e. The molecular formula is C22H23N5OS. The molecule has 0 saturated heterocycles. The molecule has 4 rings (SSSR count). The van der Waals surface area contributed by atoms with Crippen LogP contribution in [0, 0.1) is 11.7 Å². The number of nitrogens with zero attached hydrogens (tertiary/aromatic N) is 5. The van der Waals surface area contributed by atoms with Gasteiger partial charge >= 0.3 is 0 Å². The molecule has 0 spiro atoms. The van der Waals surface area contributed by atoms with Crippen LogP contribution in [0.1, 0.15) is 11.1 Å². The van der Waals surface area contributed by atoms with Crippen molar-refractivity contribution in [1.82, 2.24) is 23.6 Å². The first-order valence-corrected chi connectivity index (χ1v) is 9.87. The normalized spacial score (nSPS) is 11.6. The van der Waals surface area contributed by atoms with Gasteiger partial charge in [0.05, 0.1) is 17.6 Å². The number of hydrogen-bond donors (Lipinski definition) is 0. The summed E-state index contributed by atoms with van der Waals surface area (Å²) in [6.45, 7) is 7.56. The number of para-hydroxylation sites is 1. The van der Waals surface area contributed by atoms with E-state index in [1.165, 1.54) is 11.1 Å². The SMILES string of the molecule is C=CCn1c(=O)c2ccccc2n2c(=S)n(CN(C)Cc3ccccc3C)nc12. The van der Waals surface area contributed by atoms with Crippen molar-refractivity contribution in [3.63, 3.8) is 0 Å². The van der Waals surface area contributed by atoms with Crippen molar-refractivity contribution < 1.29 is 0 Å². The minimum absolute atomic E-state index is 0.0894. The summed E-state index contributed by atoms with van der Waals surface area (Å²) in [7, 11) is 2.03. The van der Waals surface area contributed by atoms with E-state index in [9.17, 15) is 4.79 Å². The first-order valence-electron chi connectivity index (χ1n) is 9.46. The van der Waals surface area contributed by atoms with Gasteiger partial charge in [0.15, 0.2) is 0 Å². The van der Waals surface area contributed by atoms with E-state index in [-0.39, 0.29) is 5.56 Å². The van der Waals surface area contributed by atoms with E-state index in [0.29, 0.717) is 29.1 Å². The fraction of sp³-hybridized carbons (Fsp3) is 0.227. The predicted molar refractivity (Wildman–Crippen MR) is 119 cm³/mol. The van der Waals surface area contributed by atoms with Gasteiger partial charge in [-0.1, -0.05) is 42.5 Å². The first kappa shape index (κ1) is 19.3. The van der Waals surface area contributed by atoms with Crippen molar-refractivity contribution in [2.24, 2.45) is 0 Å². The molecule has 0 unspecified atom stereocenters. The molecule has 0 saturated carbocycles. The fourth-order valence-corrected chi connectivity index (χ4v) is 3.89. The van der Waals surface area contributed by atoms with Crippen molar-refractivity contribution >= 4 is 28.9 Å². The fourth-order valence-electron chi connectivity index (χ4n) is 3.61. The van der Waals surface area contributed by atoms with Gasteiger partial charge in [-0.2, -0.15) is 0 Å². The van der Waals surface area contributed by atoms with Gasteiger partial charge in [-0.15, -0.1) is 11.7 Å². The standard InChI is InChI=1S/C22H23N5OS/c1-4-13-25-20(28)18-11-7-8-12-19(18)27-21(25)23-26(22(27)29)15-24(3)14-17-10-6-5-9-16(17)2/h4-12H,1,13-15H2,2-3H3. The highest BCUT2D eigenvalue weighted by atomic mass is 32.1. The Morgan fingerprint density at radius 1 is 1.17 bits per heavy atom. The lowest BCUT2D eigenvalue weighted by Crippen LogP contribution is -2.23. The molecular weight excluding hydrogens is 382 g/mol. The zero-order chi connectivity index (χ0) is 20.5. The van der Waals surface area contributed by atoms with E-state index in [0.717, 1.165) is 12.1 Å². The summed E-state index contributed by atoms with van der Waals surface area (Å²) in [5.74, 6) is 0.530. The number of fused-ring (bicyclic) bond motifs is 3. The number of aromatic nitrogens is 4. The summed E-state index contributed by atoms with van der Waals surface area (Å²) in [6, 6.07) is 15.8. The van der Waals surface area contributed by atoms with Gasteiger partial charge in [-0.25, -0.2) is 4.68 Å². The van der Waals surface area contributed by atoms with Crippen LogP contribution in [0.25, 0.3) is 16.7 Å². The Morgan fingerprint density at radius 3 is 2.66 bits per heavy atom. The molecule has 4 aromatic rings. The Kier molecular flexibility index (Phi) is 5.17. The molecule has 0 aliphatic heterocycles. The Labute approximate surface area is 173 Å². The van der Waals surface area contributed by atoms with Gasteiger partial charge < -0.3 is 0 Å². The van der Waals surface area contributed by atoms with Gasteiger partial charge in [-0.05, 0) is 49.4 Å². The summed E-state index contributed by atoms with van der Waals surface area (Å²) >= 11 is 5.75. The van der Waals surface area contributed by atoms with Crippen molar-refractivity contribution in [2.75, 3.05) is 7.05 Å². The van der Waals surface area contributed by atoms with Crippen molar-refractivity contribution in [2.45, 2.75) is 26.7 Å². The van der Waals surface area contributed by atoms with E-state index >= 15 is 0 Å². The Balaban J connectivity index is 1.81.